The molecule has 1 aliphatic heterocycles. The topological polar surface area (TPSA) is 58.4 Å². The van der Waals surface area contributed by atoms with Crippen molar-refractivity contribution in [3.8, 4) is 10.8 Å². The standard InChI is InChI=1S/C16H21N3O2S.2ClH/c1-10-6-7-13(21-10)15-18-11(2)14(22-15)16(20)19-8-4-5-12(9-19)17-3;;/h6-7,12,17H,4-5,8-9H2,1-3H3;2*1H. The monoisotopic (exact) mass is 391 g/mol. The van der Waals surface area contributed by atoms with Gasteiger partial charge in [0.1, 0.15) is 10.6 Å². The lowest BCUT2D eigenvalue weighted by Gasteiger charge is -2.32. The third kappa shape index (κ3) is 4.30. The lowest BCUT2D eigenvalue weighted by Crippen LogP contribution is -2.46. The van der Waals surface area contributed by atoms with Crippen molar-refractivity contribution in [2.24, 2.45) is 0 Å². The van der Waals surface area contributed by atoms with Crippen LogP contribution in [0.2, 0.25) is 0 Å². The maximum absolute atomic E-state index is 12.8. The third-order valence-electron chi connectivity index (χ3n) is 4.06. The Morgan fingerprint density at radius 2 is 2.12 bits per heavy atom. The van der Waals surface area contributed by atoms with Crippen molar-refractivity contribution in [1.29, 1.82) is 0 Å². The molecule has 0 bridgehead atoms. The van der Waals surface area contributed by atoms with E-state index < -0.39 is 0 Å². The highest BCUT2D eigenvalue weighted by atomic mass is 35.5. The maximum atomic E-state index is 12.8. The van der Waals surface area contributed by atoms with Crippen LogP contribution in [-0.4, -0.2) is 42.0 Å². The highest BCUT2D eigenvalue weighted by Gasteiger charge is 2.27. The summed E-state index contributed by atoms with van der Waals surface area (Å²) in [7, 11) is 1.95. The normalized spacial score (nSPS) is 17.1. The van der Waals surface area contributed by atoms with Crippen LogP contribution in [-0.2, 0) is 0 Å². The largest absolute Gasteiger partial charge is 0.459 e. The minimum atomic E-state index is 0. The fourth-order valence-electron chi connectivity index (χ4n) is 2.79. The van der Waals surface area contributed by atoms with Crippen molar-refractivity contribution >= 4 is 42.1 Å². The van der Waals surface area contributed by atoms with Crippen LogP contribution < -0.4 is 5.32 Å². The van der Waals surface area contributed by atoms with Crippen LogP contribution in [0.25, 0.3) is 10.8 Å². The molecule has 1 amide bonds. The molecule has 1 unspecified atom stereocenters. The average Bonchev–Trinajstić information content (AvgIpc) is 3.12. The molecule has 134 valence electrons. The number of aromatic nitrogens is 1. The van der Waals surface area contributed by atoms with Gasteiger partial charge in [-0.15, -0.1) is 36.2 Å². The van der Waals surface area contributed by atoms with Crippen molar-refractivity contribution < 1.29 is 9.21 Å². The number of likely N-dealkylation sites (N-methyl/N-ethyl adjacent to an activating group) is 1. The van der Waals surface area contributed by atoms with Crippen LogP contribution in [0.15, 0.2) is 16.5 Å². The van der Waals surface area contributed by atoms with E-state index >= 15 is 0 Å². The van der Waals surface area contributed by atoms with Gasteiger partial charge in [-0.1, -0.05) is 0 Å². The summed E-state index contributed by atoms with van der Waals surface area (Å²) in [6, 6.07) is 4.20. The zero-order valence-electron chi connectivity index (χ0n) is 14.0. The fraction of sp³-hybridized carbons (Fsp3) is 0.500. The second-order valence-corrected chi connectivity index (χ2v) is 6.72. The van der Waals surface area contributed by atoms with Crippen LogP contribution >= 0.6 is 36.2 Å². The van der Waals surface area contributed by atoms with E-state index in [2.05, 4.69) is 10.3 Å². The quantitative estimate of drug-likeness (QED) is 0.866. The van der Waals surface area contributed by atoms with Gasteiger partial charge < -0.3 is 14.6 Å². The number of piperidine rings is 1. The van der Waals surface area contributed by atoms with Crippen LogP contribution in [0.1, 0.15) is 34.0 Å². The SMILES string of the molecule is CNC1CCCN(C(=O)c2sc(-c3ccc(C)o3)nc2C)C1.Cl.Cl. The fourth-order valence-corrected chi connectivity index (χ4v) is 3.79. The molecule has 24 heavy (non-hydrogen) atoms. The number of halogens is 2. The summed E-state index contributed by atoms with van der Waals surface area (Å²) >= 11 is 1.42. The molecule has 3 heterocycles. The predicted molar refractivity (Wildman–Crippen MR) is 102 cm³/mol. The Morgan fingerprint density at radius 1 is 1.38 bits per heavy atom. The number of rotatable bonds is 3. The lowest BCUT2D eigenvalue weighted by molar-refractivity contribution is 0.0702. The second kappa shape index (κ2) is 8.85. The Bertz CT molecular complexity index is 687. The number of hydrogen-bond acceptors (Lipinski definition) is 5. The molecule has 0 saturated carbocycles. The van der Waals surface area contributed by atoms with E-state index in [0.717, 1.165) is 53.0 Å². The molecule has 0 spiro atoms. The summed E-state index contributed by atoms with van der Waals surface area (Å²) < 4.78 is 5.61. The lowest BCUT2D eigenvalue weighted by atomic mass is 10.1. The third-order valence-corrected chi connectivity index (χ3v) is 5.22. The van der Waals surface area contributed by atoms with E-state index in [4.69, 9.17) is 4.42 Å². The molecule has 2 aromatic heterocycles. The van der Waals surface area contributed by atoms with Gasteiger partial charge in [0.15, 0.2) is 10.8 Å². The number of aryl methyl sites for hydroxylation is 2. The zero-order chi connectivity index (χ0) is 15.7. The van der Waals surface area contributed by atoms with Crippen LogP contribution in [0, 0.1) is 13.8 Å². The molecule has 2 aromatic rings. The number of carbonyl (C=O) groups excluding carboxylic acids is 1. The van der Waals surface area contributed by atoms with Crippen molar-refractivity contribution in [3.05, 3.63) is 28.5 Å². The molecular weight excluding hydrogens is 369 g/mol. The molecule has 0 radical (unpaired) electrons. The molecule has 1 N–H and O–H groups in total. The molecule has 8 heteroatoms. The molecule has 0 aromatic carbocycles. The highest BCUT2D eigenvalue weighted by molar-refractivity contribution is 7.17. The Hall–Kier alpha value is -1.08. The Morgan fingerprint density at radius 3 is 2.75 bits per heavy atom. The number of furan rings is 1. The highest BCUT2D eigenvalue weighted by Crippen LogP contribution is 2.30. The summed E-state index contributed by atoms with van der Waals surface area (Å²) in [5, 5.41) is 4.04. The van der Waals surface area contributed by atoms with Gasteiger partial charge in [-0.2, -0.15) is 0 Å². The van der Waals surface area contributed by atoms with E-state index in [1.807, 2.05) is 37.9 Å². The Balaban J connectivity index is 0.00000144. The molecule has 1 aliphatic rings. The molecule has 1 saturated heterocycles. The number of nitrogens with one attached hydrogen (secondary N) is 1. The van der Waals surface area contributed by atoms with Crippen molar-refractivity contribution in [3.63, 3.8) is 0 Å². The van der Waals surface area contributed by atoms with E-state index in [1.54, 1.807) is 0 Å². The molecule has 1 atom stereocenters. The number of likely N-dealkylation sites (tertiary alicyclic amines) is 1. The summed E-state index contributed by atoms with van der Waals surface area (Å²) in [6.07, 6.45) is 2.16. The molecule has 3 rings (SSSR count). The first-order valence-electron chi connectivity index (χ1n) is 7.59. The van der Waals surface area contributed by atoms with Gasteiger partial charge in [-0.25, -0.2) is 4.98 Å². The van der Waals surface area contributed by atoms with Gasteiger partial charge >= 0.3 is 0 Å². The first-order chi connectivity index (χ1) is 10.6. The van der Waals surface area contributed by atoms with Crippen molar-refractivity contribution in [2.75, 3.05) is 20.1 Å². The summed E-state index contributed by atoms with van der Waals surface area (Å²) in [4.78, 5) is 19.9. The Kier molecular flexibility index (Phi) is 7.73. The van der Waals surface area contributed by atoms with Gasteiger partial charge in [-0.3, -0.25) is 4.79 Å². The molecular formula is C16H23Cl2N3O2S. The molecule has 0 aliphatic carbocycles. The smallest absolute Gasteiger partial charge is 0.265 e. The number of carbonyl (C=O) groups is 1. The summed E-state index contributed by atoms with van der Waals surface area (Å²) in [5.41, 5.74) is 0.783. The molecule has 1 fully saturated rings. The predicted octanol–water partition coefficient (Wildman–Crippen LogP) is 3.69. The van der Waals surface area contributed by atoms with Gasteiger partial charge in [0.05, 0.1) is 5.69 Å². The minimum Gasteiger partial charge on any atom is -0.459 e. The van der Waals surface area contributed by atoms with E-state index in [0.29, 0.717) is 6.04 Å². The van der Waals surface area contributed by atoms with Crippen LogP contribution in [0.4, 0.5) is 0 Å². The van der Waals surface area contributed by atoms with Crippen molar-refractivity contribution in [1.82, 2.24) is 15.2 Å². The van der Waals surface area contributed by atoms with Gasteiger partial charge in [0, 0.05) is 19.1 Å². The van der Waals surface area contributed by atoms with Crippen LogP contribution in [0.3, 0.4) is 0 Å². The summed E-state index contributed by atoms with van der Waals surface area (Å²) in [6.45, 7) is 5.38. The van der Waals surface area contributed by atoms with Gasteiger partial charge in [-0.05, 0) is 45.9 Å². The number of thiazole rings is 1. The number of amides is 1. The van der Waals surface area contributed by atoms with Crippen molar-refractivity contribution in [2.45, 2.75) is 32.7 Å². The Labute approximate surface area is 158 Å². The minimum absolute atomic E-state index is 0. The maximum Gasteiger partial charge on any atom is 0.265 e. The summed E-state index contributed by atoms with van der Waals surface area (Å²) in [5.74, 6) is 1.67. The molecule has 5 nitrogen and oxygen atoms in total. The first-order valence-corrected chi connectivity index (χ1v) is 8.41. The van der Waals surface area contributed by atoms with E-state index in [-0.39, 0.29) is 30.7 Å². The van der Waals surface area contributed by atoms with Gasteiger partial charge in [0.2, 0.25) is 0 Å². The van der Waals surface area contributed by atoms with Gasteiger partial charge in [0.25, 0.3) is 5.91 Å². The second-order valence-electron chi connectivity index (χ2n) is 5.72. The van der Waals surface area contributed by atoms with Crippen LogP contribution in [0.5, 0.6) is 0 Å². The first kappa shape index (κ1) is 21.0. The number of hydrogen-bond donors (Lipinski definition) is 1. The van der Waals surface area contributed by atoms with E-state index in [9.17, 15) is 4.79 Å². The van der Waals surface area contributed by atoms with E-state index in [1.165, 1.54) is 11.3 Å². The average molecular weight is 392 g/mol. The zero-order valence-corrected chi connectivity index (χ0v) is 16.4. The number of nitrogens with zero attached hydrogens (tertiary/aromatic N) is 2.